The third kappa shape index (κ3) is 4.24. The van der Waals surface area contributed by atoms with Crippen LogP contribution in [0.5, 0.6) is 0 Å². The fourth-order valence-corrected chi connectivity index (χ4v) is 2.80. The number of benzene rings is 1. The van der Waals surface area contributed by atoms with Crippen LogP contribution in [0.3, 0.4) is 0 Å². The number of hydrogen-bond donors (Lipinski definition) is 1. The molecule has 0 radical (unpaired) electrons. The molecule has 2 heterocycles. The summed E-state index contributed by atoms with van der Waals surface area (Å²) in [5.41, 5.74) is 1.88. The van der Waals surface area contributed by atoms with Gasteiger partial charge in [-0.2, -0.15) is 5.10 Å². The van der Waals surface area contributed by atoms with Crippen molar-refractivity contribution >= 4 is 35.0 Å². The number of amides is 1. The van der Waals surface area contributed by atoms with Crippen LogP contribution >= 0.6 is 11.8 Å². The van der Waals surface area contributed by atoms with Crippen molar-refractivity contribution in [2.75, 3.05) is 7.11 Å². The summed E-state index contributed by atoms with van der Waals surface area (Å²) in [6, 6.07) is 11.7. The van der Waals surface area contributed by atoms with Crippen LogP contribution in [0, 0.1) is 0 Å². The molecule has 126 valence electrons. The molecule has 1 saturated heterocycles. The summed E-state index contributed by atoms with van der Waals surface area (Å²) >= 11 is 1.03. The smallest absolute Gasteiger partial charge is 0.331 e. The fraction of sp³-hybridized carbons (Fsp3) is 0.0588. The van der Waals surface area contributed by atoms with Gasteiger partial charge >= 0.3 is 5.97 Å². The van der Waals surface area contributed by atoms with E-state index >= 15 is 0 Å². The second kappa shape index (κ2) is 7.63. The molecule has 1 N–H and O–H groups in total. The zero-order chi connectivity index (χ0) is 17.6. The van der Waals surface area contributed by atoms with Gasteiger partial charge in [0.2, 0.25) is 0 Å². The first-order valence-electron chi connectivity index (χ1n) is 7.29. The SMILES string of the molecule is COC(=O)/C=C1/S/C(=N\N=Cc2cccc(-n3cccc3)c2)NC1=O. The number of hydrogen-bond acceptors (Lipinski definition) is 6. The number of rotatable bonds is 4. The van der Waals surface area contributed by atoms with E-state index < -0.39 is 11.9 Å². The van der Waals surface area contributed by atoms with Crippen LogP contribution in [0.15, 0.2) is 70.0 Å². The van der Waals surface area contributed by atoms with Gasteiger partial charge < -0.3 is 9.30 Å². The summed E-state index contributed by atoms with van der Waals surface area (Å²) in [5, 5.41) is 10.8. The number of carbonyl (C=O) groups excluding carboxylic acids is 2. The Hall–Kier alpha value is -3.13. The lowest BCUT2D eigenvalue weighted by molar-refractivity contribution is -0.135. The molecule has 2 aromatic rings. The Kier molecular flexibility index (Phi) is 5.10. The van der Waals surface area contributed by atoms with Gasteiger partial charge in [0.05, 0.1) is 18.2 Å². The van der Waals surface area contributed by atoms with E-state index in [-0.39, 0.29) is 4.91 Å². The minimum atomic E-state index is -0.593. The van der Waals surface area contributed by atoms with Crippen LogP contribution in [0.2, 0.25) is 0 Å². The van der Waals surface area contributed by atoms with E-state index in [1.807, 2.05) is 53.4 Å². The standard InChI is InChI=1S/C17H14N4O3S/c1-24-15(22)10-14-16(23)19-17(25-14)20-18-11-12-5-4-6-13(9-12)21-7-2-3-8-21/h2-11H,1H3,(H,19,20,23)/b14-10+,18-11?. The molecule has 1 amide bonds. The Bertz CT molecular complexity index is 885. The molecule has 3 rings (SSSR count). The van der Waals surface area contributed by atoms with Gasteiger partial charge in [0, 0.05) is 24.2 Å². The molecule has 0 atom stereocenters. The van der Waals surface area contributed by atoms with Crippen LogP contribution in [-0.2, 0) is 14.3 Å². The molecule has 0 spiro atoms. The van der Waals surface area contributed by atoms with Gasteiger partial charge in [-0.3, -0.25) is 10.1 Å². The predicted molar refractivity (Wildman–Crippen MR) is 96.6 cm³/mol. The summed E-state index contributed by atoms with van der Waals surface area (Å²) in [6.07, 6.45) is 6.62. The number of nitrogens with zero attached hydrogens (tertiary/aromatic N) is 3. The summed E-state index contributed by atoms with van der Waals surface area (Å²) in [6.45, 7) is 0. The van der Waals surface area contributed by atoms with Crippen LogP contribution in [0.1, 0.15) is 5.56 Å². The third-order valence-electron chi connectivity index (χ3n) is 3.23. The summed E-state index contributed by atoms with van der Waals surface area (Å²) in [4.78, 5) is 23.1. The first-order valence-corrected chi connectivity index (χ1v) is 8.10. The van der Waals surface area contributed by atoms with E-state index in [9.17, 15) is 9.59 Å². The maximum absolute atomic E-state index is 11.7. The number of esters is 1. The molecular weight excluding hydrogens is 340 g/mol. The van der Waals surface area contributed by atoms with Gasteiger partial charge in [-0.25, -0.2) is 4.79 Å². The lowest BCUT2D eigenvalue weighted by Crippen LogP contribution is -2.19. The Morgan fingerprint density at radius 2 is 2.08 bits per heavy atom. The van der Waals surface area contributed by atoms with Gasteiger partial charge in [-0.1, -0.05) is 12.1 Å². The molecule has 1 fully saturated rings. The molecule has 1 aliphatic rings. The molecule has 0 unspecified atom stereocenters. The first-order chi connectivity index (χ1) is 12.2. The maximum atomic E-state index is 11.7. The Balaban J connectivity index is 1.70. The van der Waals surface area contributed by atoms with Gasteiger partial charge in [-0.15, -0.1) is 5.10 Å². The number of ether oxygens (including phenoxy) is 1. The summed E-state index contributed by atoms with van der Waals surface area (Å²) < 4.78 is 6.48. The van der Waals surface area contributed by atoms with Crippen molar-refractivity contribution in [2.45, 2.75) is 0 Å². The third-order valence-corrected chi connectivity index (χ3v) is 4.13. The number of aromatic nitrogens is 1. The second-order valence-electron chi connectivity index (χ2n) is 4.92. The van der Waals surface area contributed by atoms with Crippen LogP contribution in [-0.4, -0.2) is 34.9 Å². The van der Waals surface area contributed by atoms with Crippen LogP contribution in [0.25, 0.3) is 5.69 Å². The van der Waals surface area contributed by atoms with Crippen LogP contribution < -0.4 is 5.32 Å². The second-order valence-corrected chi connectivity index (χ2v) is 5.95. The number of thioether (sulfide) groups is 1. The van der Waals surface area contributed by atoms with Gasteiger partial charge in [-0.05, 0) is 41.6 Å². The van der Waals surface area contributed by atoms with E-state index in [1.54, 1.807) is 6.21 Å². The summed E-state index contributed by atoms with van der Waals surface area (Å²) in [7, 11) is 1.25. The maximum Gasteiger partial charge on any atom is 0.331 e. The van der Waals surface area contributed by atoms with Crippen molar-refractivity contribution in [1.29, 1.82) is 0 Å². The largest absolute Gasteiger partial charge is 0.466 e. The van der Waals surface area contributed by atoms with Gasteiger partial charge in [0.15, 0.2) is 5.17 Å². The van der Waals surface area contributed by atoms with Gasteiger partial charge in [0.1, 0.15) is 0 Å². The molecule has 0 bridgehead atoms. The topological polar surface area (TPSA) is 85.0 Å². The summed E-state index contributed by atoms with van der Waals surface area (Å²) in [5.74, 6) is -0.997. The van der Waals surface area contributed by atoms with E-state index in [0.717, 1.165) is 29.1 Å². The molecule has 0 saturated carbocycles. The van der Waals surface area contributed by atoms with Crippen molar-refractivity contribution in [2.24, 2.45) is 10.2 Å². The highest BCUT2D eigenvalue weighted by molar-refractivity contribution is 8.18. The van der Waals surface area contributed by atoms with Crippen molar-refractivity contribution in [3.8, 4) is 5.69 Å². The molecule has 1 aromatic carbocycles. The first kappa shape index (κ1) is 16.7. The van der Waals surface area contributed by atoms with E-state index in [2.05, 4.69) is 20.3 Å². The zero-order valence-corrected chi connectivity index (χ0v) is 14.1. The molecule has 1 aromatic heterocycles. The van der Waals surface area contributed by atoms with E-state index in [4.69, 9.17) is 0 Å². The molecule has 1 aliphatic heterocycles. The molecule has 0 aliphatic carbocycles. The zero-order valence-electron chi connectivity index (χ0n) is 13.2. The minimum Gasteiger partial charge on any atom is -0.466 e. The van der Waals surface area contributed by atoms with E-state index in [0.29, 0.717) is 5.17 Å². The van der Waals surface area contributed by atoms with Crippen molar-refractivity contribution < 1.29 is 14.3 Å². The number of nitrogens with one attached hydrogen (secondary N) is 1. The van der Waals surface area contributed by atoms with Crippen LogP contribution in [0.4, 0.5) is 0 Å². The quantitative estimate of drug-likeness (QED) is 0.394. The van der Waals surface area contributed by atoms with E-state index in [1.165, 1.54) is 7.11 Å². The number of amidine groups is 1. The fourth-order valence-electron chi connectivity index (χ4n) is 2.06. The highest BCUT2D eigenvalue weighted by Gasteiger charge is 2.24. The van der Waals surface area contributed by atoms with Crippen molar-refractivity contribution in [3.05, 3.63) is 65.3 Å². The molecule has 7 nitrogen and oxygen atoms in total. The molecule has 8 heteroatoms. The predicted octanol–water partition coefficient (Wildman–Crippen LogP) is 2.09. The van der Waals surface area contributed by atoms with Crippen molar-refractivity contribution in [1.82, 2.24) is 9.88 Å². The normalized spacial score (nSPS) is 17.4. The minimum absolute atomic E-state index is 0.218. The highest BCUT2D eigenvalue weighted by Crippen LogP contribution is 2.23. The van der Waals surface area contributed by atoms with Gasteiger partial charge in [0.25, 0.3) is 5.91 Å². The average Bonchev–Trinajstić information content (AvgIpc) is 3.26. The Labute approximate surface area is 148 Å². The Morgan fingerprint density at radius 3 is 2.84 bits per heavy atom. The molecular formula is C17H14N4O3S. The lowest BCUT2D eigenvalue weighted by atomic mass is 10.2. The highest BCUT2D eigenvalue weighted by atomic mass is 32.2. The Morgan fingerprint density at radius 1 is 1.28 bits per heavy atom. The number of carbonyl (C=O) groups is 2. The lowest BCUT2D eigenvalue weighted by Gasteiger charge is -2.02. The van der Waals surface area contributed by atoms with Crippen molar-refractivity contribution in [3.63, 3.8) is 0 Å². The molecule has 25 heavy (non-hydrogen) atoms. The number of methoxy groups -OCH3 is 1. The average molecular weight is 354 g/mol. The monoisotopic (exact) mass is 354 g/mol.